The van der Waals surface area contributed by atoms with Crippen LogP contribution >= 0.6 is 0 Å². The number of epoxide rings is 1. The molecule has 3 N–H and O–H groups in total. The molecule has 2 saturated heterocycles. The van der Waals surface area contributed by atoms with Crippen LogP contribution < -0.4 is 0 Å². The summed E-state index contributed by atoms with van der Waals surface area (Å²) in [6, 6.07) is 0. The van der Waals surface area contributed by atoms with Gasteiger partial charge in [0.15, 0.2) is 0 Å². The van der Waals surface area contributed by atoms with E-state index in [2.05, 4.69) is 19.9 Å². The summed E-state index contributed by atoms with van der Waals surface area (Å²) in [7, 11) is 0. The Bertz CT molecular complexity index is 1040. The highest BCUT2D eigenvalue weighted by Crippen LogP contribution is 2.72. The first-order valence-electron chi connectivity index (χ1n) is 13.3. The molecule has 9 heteroatoms. The third kappa shape index (κ3) is 5.02. The Balaban J connectivity index is 1.58. The number of hydrogen-bond acceptors (Lipinski definition) is 9. The van der Waals surface area contributed by atoms with Crippen molar-refractivity contribution in [3.63, 3.8) is 0 Å². The molecule has 2 heterocycles. The van der Waals surface area contributed by atoms with Gasteiger partial charge in [-0.1, -0.05) is 42.4 Å². The number of aliphatic hydroxyl groups is 3. The van der Waals surface area contributed by atoms with Gasteiger partial charge in [-0.2, -0.15) is 0 Å². The second-order valence-corrected chi connectivity index (χ2v) is 11.3. The molecule has 0 aromatic carbocycles. The molecule has 2 aliphatic heterocycles. The highest BCUT2D eigenvalue weighted by Gasteiger charge is 2.83. The largest absolute Gasteiger partial charge is 0.462 e. The minimum atomic E-state index is -1.03. The van der Waals surface area contributed by atoms with E-state index in [1.54, 1.807) is 6.92 Å². The van der Waals surface area contributed by atoms with Gasteiger partial charge in [0, 0.05) is 30.6 Å². The first-order valence-corrected chi connectivity index (χ1v) is 13.3. The van der Waals surface area contributed by atoms with E-state index in [4.69, 9.17) is 24.1 Å². The molecule has 4 rings (SSSR count). The van der Waals surface area contributed by atoms with Crippen molar-refractivity contribution in [1.82, 2.24) is 0 Å². The van der Waals surface area contributed by atoms with Crippen LogP contribution in [0.2, 0.25) is 0 Å². The van der Waals surface area contributed by atoms with Crippen molar-refractivity contribution < 1.29 is 43.9 Å². The van der Waals surface area contributed by atoms with Crippen molar-refractivity contribution in [2.45, 2.75) is 89.5 Å². The summed E-state index contributed by atoms with van der Waals surface area (Å²) in [5, 5.41) is 28.2. The zero-order valence-electron chi connectivity index (χ0n) is 22.6. The lowest BCUT2D eigenvalue weighted by Crippen LogP contribution is -2.66. The number of carbonyl (C=O) groups excluding carboxylic acids is 2. The van der Waals surface area contributed by atoms with Crippen LogP contribution in [0.1, 0.15) is 53.4 Å². The summed E-state index contributed by atoms with van der Waals surface area (Å²) in [4.78, 5) is 25.5. The van der Waals surface area contributed by atoms with Crippen molar-refractivity contribution in [3.8, 4) is 0 Å². The van der Waals surface area contributed by atoms with Gasteiger partial charge in [-0.15, -0.1) is 0 Å². The molecule has 4 aliphatic rings. The summed E-state index contributed by atoms with van der Waals surface area (Å²) in [5.41, 5.74) is -0.0208. The van der Waals surface area contributed by atoms with Crippen molar-refractivity contribution in [3.05, 3.63) is 47.6 Å². The average molecular weight is 533 g/mol. The number of rotatable bonds is 10. The number of ether oxygens (including phenoxy) is 4. The van der Waals surface area contributed by atoms with E-state index in [1.807, 2.05) is 0 Å². The van der Waals surface area contributed by atoms with E-state index in [0.29, 0.717) is 25.9 Å². The zero-order chi connectivity index (χ0) is 27.7. The van der Waals surface area contributed by atoms with Crippen LogP contribution in [0.4, 0.5) is 0 Å². The molecule has 2 bridgehead atoms. The summed E-state index contributed by atoms with van der Waals surface area (Å²) >= 11 is 0. The van der Waals surface area contributed by atoms with Crippen molar-refractivity contribution in [2.24, 2.45) is 10.8 Å². The second kappa shape index (κ2) is 11.1. The Morgan fingerprint density at radius 1 is 1.26 bits per heavy atom. The van der Waals surface area contributed by atoms with Gasteiger partial charge in [0.2, 0.25) is 0 Å². The number of hydrogen-bond donors (Lipinski definition) is 3. The topological polar surface area (TPSA) is 135 Å². The lowest BCUT2D eigenvalue weighted by molar-refractivity contribution is -0.232. The predicted octanol–water partition coefficient (Wildman–Crippen LogP) is 2.30. The standard InChI is InChI=1S/C29H40O9/c1-18-9-11-28(16-35-26(34)14-19(2)10-12-30)23(13-18)37-24-15-22(27(28,4)29(24)17-36-29)38-25(33)8-6-5-7-21(32)20(3)31/h5-8,13-14,20-24,30-32H,9-12,15-17H2,1-4H3/b7-5+,8-6-,19-14+/t20-,21+,22+,23+,24+,27+,28+,29-/m0/s1. The Morgan fingerprint density at radius 2 is 2.00 bits per heavy atom. The van der Waals surface area contributed by atoms with Gasteiger partial charge < -0.3 is 34.3 Å². The molecule has 0 aromatic rings. The number of esters is 2. The Labute approximate surface area is 223 Å². The fourth-order valence-electron chi connectivity index (χ4n) is 6.48. The summed E-state index contributed by atoms with van der Waals surface area (Å²) in [6.07, 6.45) is 8.43. The van der Waals surface area contributed by atoms with Crippen LogP contribution in [-0.4, -0.2) is 83.2 Å². The molecular formula is C29H40O9. The maximum absolute atomic E-state index is 12.8. The number of aliphatic hydroxyl groups excluding tert-OH is 3. The van der Waals surface area contributed by atoms with Crippen LogP contribution in [0, 0.1) is 10.8 Å². The van der Waals surface area contributed by atoms with Crippen LogP contribution in [-0.2, 0) is 28.5 Å². The van der Waals surface area contributed by atoms with Gasteiger partial charge in [-0.05, 0) is 40.0 Å². The Morgan fingerprint density at radius 3 is 2.66 bits per heavy atom. The fraction of sp³-hybridized carbons (Fsp3) is 0.655. The minimum Gasteiger partial charge on any atom is -0.462 e. The second-order valence-electron chi connectivity index (χ2n) is 11.3. The van der Waals surface area contributed by atoms with Gasteiger partial charge in [-0.25, -0.2) is 9.59 Å². The SMILES string of the molecule is CC1=C[C@H]2O[C@@H]3C[C@@H](OC(=O)/C=C\C=C\[C@@H](O)[C@H](C)O)[C@](C)([C@@]2(COC(=O)/C=C(\C)CCO)CC1)[C@]31CO1. The van der Waals surface area contributed by atoms with E-state index < -0.39 is 46.7 Å². The van der Waals surface area contributed by atoms with Crippen LogP contribution in [0.25, 0.3) is 0 Å². The van der Waals surface area contributed by atoms with Gasteiger partial charge >= 0.3 is 11.9 Å². The number of allylic oxidation sites excluding steroid dienone is 3. The first kappa shape index (κ1) is 28.7. The molecule has 0 unspecified atom stereocenters. The van der Waals surface area contributed by atoms with Crippen LogP contribution in [0.3, 0.4) is 0 Å². The normalized spacial score (nSPS) is 37.7. The Hall–Kier alpha value is -2.30. The van der Waals surface area contributed by atoms with Crippen LogP contribution in [0.15, 0.2) is 47.6 Å². The summed E-state index contributed by atoms with van der Waals surface area (Å²) < 4.78 is 24.6. The van der Waals surface area contributed by atoms with Crippen molar-refractivity contribution in [1.29, 1.82) is 0 Å². The molecule has 8 atom stereocenters. The van der Waals surface area contributed by atoms with E-state index in [-0.39, 0.29) is 25.4 Å². The third-order valence-electron chi connectivity index (χ3n) is 8.96. The number of fused-ring (bicyclic) bond motifs is 2. The van der Waals surface area contributed by atoms with Crippen LogP contribution in [0.5, 0.6) is 0 Å². The molecule has 1 saturated carbocycles. The van der Waals surface area contributed by atoms with E-state index in [9.17, 15) is 19.8 Å². The van der Waals surface area contributed by atoms with E-state index >= 15 is 0 Å². The molecule has 0 aromatic heterocycles. The van der Waals surface area contributed by atoms with Crippen molar-refractivity contribution >= 4 is 11.9 Å². The highest BCUT2D eigenvalue weighted by atomic mass is 16.6. The molecule has 38 heavy (non-hydrogen) atoms. The van der Waals surface area contributed by atoms with Gasteiger partial charge in [0.25, 0.3) is 0 Å². The monoisotopic (exact) mass is 532 g/mol. The molecule has 3 fully saturated rings. The highest BCUT2D eigenvalue weighted by molar-refractivity contribution is 5.83. The van der Waals surface area contributed by atoms with E-state index in [0.717, 1.165) is 12.0 Å². The fourth-order valence-corrected chi connectivity index (χ4v) is 6.48. The lowest BCUT2D eigenvalue weighted by atomic mass is 9.51. The smallest absolute Gasteiger partial charge is 0.331 e. The summed E-state index contributed by atoms with van der Waals surface area (Å²) in [6.45, 7) is 7.90. The molecule has 0 amide bonds. The number of carbonyl (C=O) groups is 2. The molecule has 2 aliphatic carbocycles. The first-order chi connectivity index (χ1) is 18.0. The maximum atomic E-state index is 12.8. The quantitative estimate of drug-likeness (QED) is 0.127. The Kier molecular flexibility index (Phi) is 8.35. The predicted molar refractivity (Wildman–Crippen MR) is 138 cm³/mol. The lowest BCUT2D eigenvalue weighted by Gasteiger charge is -2.58. The maximum Gasteiger partial charge on any atom is 0.331 e. The zero-order valence-corrected chi connectivity index (χ0v) is 22.6. The molecule has 210 valence electrons. The average Bonchev–Trinajstić information content (AvgIpc) is 3.63. The third-order valence-corrected chi connectivity index (χ3v) is 8.96. The summed E-state index contributed by atoms with van der Waals surface area (Å²) in [5.74, 6) is -1.02. The minimum absolute atomic E-state index is 0.0444. The van der Waals surface area contributed by atoms with Gasteiger partial charge in [-0.3, -0.25) is 0 Å². The van der Waals surface area contributed by atoms with E-state index in [1.165, 1.54) is 42.9 Å². The molecule has 0 radical (unpaired) electrons. The molecule has 9 nitrogen and oxygen atoms in total. The van der Waals surface area contributed by atoms with Gasteiger partial charge in [0.05, 0.1) is 36.4 Å². The van der Waals surface area contributed by atoms with Crippen molar-refractivity contribution in [2.75, 3.05) is 19.8 Å². The molecular weight excluding hydrogens is 492 g/mol. The van der Waals surface area contributed by atoms with Gasteiger partial charge in [0.1, 0.15) is 18.3 Å². The molecule has 1 spiro atoms.